The number of benzene rings is 1. The largest absolute Gasteiger partial charge is 0.495 e. The summed E-state index contributed by atoms with van der Waals surface area (Å²) in [6.45, 7) is 0. The first kappa shape index (κ1) is 8.77. The Balaban J connectivity index is 2.97. The Morgan fingerprint density at radius 2 is 2.31 bits per heavy atom. The third-order valence-electron chi connectivity index (χ3n) is 1.76. The minimum Gasteiger partial charge on any atom is -0.495 e. The minimum absolute atomic E-state index is 0.0989. The molecule has 0 unspecified atom stereocenters. The van der Waals surface area contributed by atoms with E-state index in [9.17, 15) is 4.79 Å². The molecule has 0 amide bonds. The lowest BCUT2D eigenvalue weighted by Gasteiger charge is -2.02. The van der Waals surface area contributed by atoms with Gasteiger partial charge in [-0.15, -0.1) is 0 Å². The van der Waals surface area contributed by atoms with Gasteiger partial charge in [0.25, 0.3) is 5.56 Å². The molecule has 0 saturated carbocycles. The van der Waals surface area contributed by atoms with Crippen LogP contribution in [0.5, 0.6) is 5.75 Å². The van der Waals surface area contributed by atoms with Gasteiger partial charge in [0.05, 0.1) is 16.3 Å². The average Bonchev–Trinajstić information content (AvgIpc) is 2.49. The fraction of sp³-hybridized carbons (Fsp3) is 0.125. The van der Waals surface area contributed by atoms with Gasteiger partial charge in [0.15, 0.2) is 0 Å². The van der Waals surface area contributed by atoms with Crippen molar-refractivity contribution in [1.29, 1.82) is 0 Å². The molecule has 0 aliphatic rings. The molecule has 0 radical (unpaired) electrons. The predicted octanol–water partition coefficient (Wildman–Crippen LogP) is 2.36. The molecular formula is C8H6BrNO2S. The minimum atomic E-state index is -0.0989. The molecule has 0 aliphatic carbocycles. The summed E-state index contributed by atoms with van der Waals surface area (Å²) in [4.78, 5) is 11.4. The summed E-state index contributed by atoms with van der Waals surface area (Å²) in [5, 5.41) is 0.613. The SMILES string of the molecule is COc1c(Br)ccc2s[nH]c(=O)c12. The topological polar surface area (TPSA) is 42.1 Å². The molecule has 1 heterocycles. The van der Waals surface area contributed by atoms with Crippen LogP contribution in [0.3, 0.4) is 0 Å². The summed E-state index contributed by atoms with van der Waals surface area (Å²) < 4.78 is 9.51. The second-order valence-electron chi connectivity index (χ2n) is 2.49. The van der Waals surface area contributed by atoms with E-state index in [2.05, 4.69) is 20.3 Å². The van der Waals surface area contributed by atoms with Crippen molar-refractivity contribution in [1.82, 2.24) is 4.37 Å². The summed E-state index contributed by atoms with van der Waals surface area (Å²) in [5.41, 5.74) is -0.0989. The molecule has 2 aromatic rings. The summed E-state index contributed by atoms with van der Waals surface area (Å²) in [5.74, 6) is 0.597. The Hall–Kier alpha value is -0.810. The summed E-state index contributed by atoms with van der Waals surface area (Å²) >= 11 is 4.64. The number of aromatic nitrogens is 1. The van der Waals surface area contributed by atoms with Gasteiger partial charge < -0.3 is 4.74 Å². The van der Waals surface area contributed by atoms with Crippen LogP contribution in [0.4, 0.5) is 0 Å². The number of halogens is 1. The maximum atomic E-state index is 11.4. The van der Waals surface area contributed by atoms with E-state index in [1.165, 1.54) is 11.5 Å². The number of rotatable bonds is 1. The Morgan fingerprint density at radius 1 is 1.54 bits per heavy atom. The van der Waals surface area contributed by atoms with Crippen molar-refractivity contribution >= 4 is 37.5 Å². The van der Waals surface area contributed by atoms with E-state index < -0.39 is 0 Å². The first-order valence-corrected chi connectivity index (χ1v) is 5.18. The number of ether oxygens (including phenoxy) is 1. The fourth-order valence-electron chi connectivity index (χ4n) is 1.19. The molecule has 68 valence electrons. The molecule has 0 fully saturated rings. The van der Waals surface area contributed by atoms with Crippen LogP contribution >= 0.6 is 27.5 Å². The van der Waals surface area contributed by atoms with Crippen LogP contribution in [0.2, 0.25) is 0 Å². The van der Waals surface area contributed by atoms with Crippen LogP contribution in [-0.4, -0.2) is 11.5 Å². The first-order chi connectivity index (χ1) is 6.24. The quantitative estimate of drug-likeness (QED) is 0.855. The molecule has 2 rings (SSSR count). The van der Waals surface area contributed by atoms with E-state index >= 15 is 0 Å². The summed E-state index contributed by atoms with van der Waals surface area (Å²) in [6.07, 6.45) is 0. The third-order valence-corrected chi connectivity index (χ3v) is 3.23. The van der Waals surface area contributed by atoms with Crippen LogP contribution in [0.25, 0.3) is 10.1 Å². The van der Waals surface area contributed by atoms with Crippen molar-refractivity contribution in [2.45, 2.75) is 0 Å². The van der Waals surface area contributed by atoms with Gasteiger partial charge in [-0.2, -0.15) is 0 Å². The van der Waals surface area contributed by atoms with Crippen molar-refractivity contribution in [3.63, 3.8) is 0 Å². The maximum Gasteiger partial charge on any atom is 0.269 e. The van der Waals surface area contributed by atoms with E-state index in [4.69, 9.17) is 4.74 Å². The highest BCUT2D eigenvalue weighted by atomic mass is 79.9. The number of hydrogen-bond acceptors (Lipinski definition) is 3. The zero-order chi connectivity index (χ0) is 9.42. The molecule has 0 saturated heterocycles. The fourth-order valence-corrected chi connectivity index (χ4v) is 2.41. The van der Waals surface area contributed by atoms with Gasteiger partial charge in [-0.25, -0.2) is 0 Å². The molecule has 1 aromatic carbocycles. The van der Waals surface area contributed by atoms with Gasteiger partial charge in [0.1, 0.15) is 11.1 Å². The van der Waals surface area contributed by atoms with E-state index in [1.807, 2.05) is 12.1 Å². The van der Waals surface area contributed by atoms with Crippen LogP contribution in [0, 0.1) is 0 Å². The third kappa shape index (κ3) is 1.28. The highest BCUT2D eigenvalue weighted by Gasteiger charge is 2.10. The van der Waals surface area contributed by atoms with Crippen LogP contribution in [0.1, 0.15) is 0 Å². The zero-order valence-corrected chi connectivity index (χ0v) is 9.16. The number of hydrogen-bond donors (Lipinski definition) is 1. The first-order valence-electron chi connectivity index (χ1n) is 3.57. The molecule has 0 atom stereocenters. The molecule has 0 aliphatic heterocycles. The molecule has 1 N–H and O–H groups in total. The van der Waals surface area contributed by atoms with Crippen molar-refractivity contribution in [2.75, 3.05) is 7.11 Å². The Morgan fingerprint density at radius 3 is 3.00 bits per heavy atom. The number of H-pyrrole nitrogens is 1. The van der Waals surface area contributed by atoms with Crippen molar-refractivity contribution < 1.29 is 4.74 Å². The van der Waals surface area contributed by atoms with Crippen molar-refractivity contribution in [3.05, 3.63) is 27.0 Å². The van der Waals surface area contributed by atoms with Gasteiger partial charge in [-0.1, -0.05) is 11.5 Å². The molecule has 1 aromatic heterocycles. The molecule has 3 nitrogen and oxygen atoms in total. The highest BCUT2D eigenvalue weighted by Crippen LogP contribution is 2.32. The number of nitrogens with one attached hydrogen (secondary N) is 1. The standard InChI is InChI=1S/C8H6BrNO2S/c1-12-7-4(9)2-3-5-6(7)8(11)10-13-5/h2-3H,1H3,(H,10,11). The average molecular weight is 260 g/mol. The normalized spacial score (nSPS) is 10.6. The van der Waals surface area contributed by atoms with Gasteiger partial charge in [0, 0.05) is 0 Å². The smallest absolute Gasteiger partial charge is 0.269 e. The monoisotopic (exact) mass is 259 g/mol. The van der Waals surface area contributed by atoms with Crippen LogP contribution < -0.4 is 10.3 Å². The lowest BCUT2D eigenvalue weighted by Crippen LogP contribution is -1.99. The molecule has 0 spiro atoms. The Bertz CT molecular complexity index is 502. The van der Waals surface area contributed by atoms with E-state index in [0.29, 0.717) is 11.1 Å². The van der Waals surface area contributed by atoms with Gasteiger partial charge in [-0.05, 0) is 28.1 Å². The molecule has 13 heavy (non-hydrogen) atoms. The molecule has 5 heteroatoms. The Labute approximate surface area is 86.6 Å². The summed E-state index contributed by atoms with van der Waals surface area (Å²) in [6, 6.07) is 3.75. The van der Waals surface area contributed by atoms with Crippen molar-refractivity contribution in [2.24, 2.45) is 0 Å². The Kier molecular flexibility index (Phi) is 2.13. The molecule has 0 bridgehead atoms. The van der Waals surface area contributed by atoms with Gasteiger partial charge in [0.2, 0.25) is 0 Å². The van der Waals surface area contributed by atoms with Crippen LogP contribution in [0.15, 0.2) is 21.4 Å². The number of aromatic amines is 1. The van der Waals surface area contributed by atoms with Crippen LogP contribution in [-0.2, 0) is 0 Å². The lowest BCUT2D eigenvalue weighted by molar-refractivity contribution is 0.417. The predicted molar refractivity (Wildman–Crippen MR) is 56.7 cm³/mol. The summed E-state index contributed by atoms with van der Waals surface area (Å²) in [7, 11) is 1.55. The molecular weight excluding hydrogens is 254 g/mol. The van der Waals surface area contributed by atoms with Gasteiger partial charge >= 0.3 is 0 Å². The van der Waals surface area contributed by atoms with Crippen molar-refractivity contribution in [3.8, 4) is 5.75 Å². The number of fused-ring (bicyclic) bond motifs is 1. The highest BCUT2D eigenvalue weighted by molar-refractivity contribution is 9.10. The van der Waals surface area contributed by atoms with E-state index in [-0.39, 0.29) is 5.56 Å². The lowest BCUT2D eigenvalue weighted by atomic mass is 10.2. The second kappa shape index (κ2) is 3.16. The van der Waals surface area contributed by atoms with Gasteiger partial charge in [-0.3, -0.25) is 9.17 Å². The zero-order valence-electron chi connectivity index (χ0n) is 6.76. The van der Waals surface area contributed by atoms with E-state index in [0.717, 1.165) is 9.17 Å². The van der Waals surface area contributed by atoms with E-state index in [1.54, 1.807) is 7.11 Å². The number of methoxy groups -OCH3 is 1. The second-order valence-corrected chi connectivity index (χ2v) is 4.19. The maximum absolute atomic E-state index is 11.4.